The van der Waals surface area contributed by atoms with E-state index in [0.29, 0.717) is 12.5 Å². The fraction of sp³-hybridized carbons (Fsp3) is 0.400. The molecule has 0 aromatic heterocycles. The van der Waals surface area contributed by atoms with Gasteiger partial charge in [0.2, 0.25) is 5.82 Å². The SMILES string of the molecule is CCC(N)CNc1cc(F)cc(F)c1[N+](=O)[O-]. The van der Waals surface area contributed by atoms with Crippen molar-refractivity contribution < 1.29 is 13.7 Å². The van der Waals surface area contributed by atoms with Gasteiger partial charge in [0.1, 0.15) is 11.5 Å². The monoisotopic (exact) mass is 245 g/mol. The molecule has 0 radical (unpaired) electrons. The lowest BCUT2D eigenvalue weighted by atomic mass is 10.2. The third-order valence-corrected chi connectivity index (χ3v) is 2.29. The zero-order valence-electron chi connectivity index (χ0n) is 9.24. The van der Waals surface area contributed by atoms with Crippen LogP contribution in [0.15, 0.2) is 12.1 Å². The molecule has 1 atom stereocenters. The molecule has 3 N–H and O–H groups in total. The predicted molar refractivity (Wildman–Crippen MR) is 59.8 cm³/mol. The fourth-order valence-corrected chi connectivity index (χ4v) is 1.27. The Bertz CT molecular complexity index is 426. The summed E-state index contributed by atoms with van der Waals surface area (Å²) < 4.78 is 26.2. The van der Waals surface area contributed by atoms with Crippen molar-refractivity contribution in [2.24, 2.45) is 5.73 Å². The number of nitrogens with two attached hydrogens (primary N) is 1. The summed E-state index contributed by atoms with van der Waals surface area (Å²) in [4.78, 5) is 9.75. The highest BCUT2D eigenvalue weighted by Crippen LogP contribution is 2.28. The van der Waals surface area contributed by atoms with Crippen LogP contribution in [0.4, 0.5) is 20.2 Å². The molecule has 0 fully saturated rings. The van der Waals surface area contributed by atoms with Crippen molar-refractivity contribution >= 4 is 11.4 Å². The molecule has 0 heterocycles. The molecule has 0 aliphatic heterocycles. The molecule has 0 spiro atoms. The summed E-state index contributed by atoms with van der Waals surface area (Å²) in [5.74, 6) is -2.08. The number of nitrogens with one attached hydrogen (secondary N) is 1. The molecule has 0 amide bonds. The smallest absolute Gasteiger partial charge is 0.327 e. The van der Waals surface area contributed by atoms with Gasteiger partial charge in [0.05, 0.1) is 4.92 Å². The first-order chi connectivity index (χ1) is 7.95. The lowest BCUT2D eigenvalue weighted by Gasteiger charge is -2.11. The first-order valence-corrected chi connectivity index (χ1v) is 5.08. The van der Waals surface area contributed by atoms with Gasteiger partial charge in [-0.3, -0.25) is 10.1 Å². The summed E-state index contributed by atoms with van der Waals surface area (Å²) in [5, 5.41) is 13.2. The number of nitrogens with zero attached hydrogens (tertiary/aromatic N) is 1. The van der Waals surface area contributed by atoms with Crippen molar-refractivity contribution in [3.8, 4) is 0 Å². The molecule has 1 unspecified atom stereocenters. The summed E-state index contributed by atoms with van der Waals surface area (Å²) in [6.07, 6.45) is 0.651. The van der Waals surface area contributed by atoms with Gasteiger partial charge in [0.25, 0.3) is 0 Å². The average Bonchev–Trinajstić information content (AvgIpc) is 2.24. The lowest BCUT2D eigenvalue weighted by Crippen LogP contribution is -2.28. The van der Waals surface area contributed by atoms with Crippen LogP contribution in [0.1, 0.15) is 13.3 Å². The van der Waals surface area contributed by atoms with Gasteiger partial charge in [-0.05, 0) is 6.42 Å². The number of halogens is 2. The van der Waals surface area contributed by atoms with Gasteiger partial charge >= 0.3 is 5.69 Å². The molecule has 0 aliphatic carbocycles. The van der Waals surface area contributed by atoms with Gasteiger partial charge in [-0.1, -0.05) is 6.92 Å². The molecule has 0 aliphatic rings. The largest absolute Gasteiger partial charge is 0.378 e. The maximum absolute atomic E-state index is 13.2. The zero-order valence-corrected chi connectivity index (χ0v) is 9.24. The summed E-state index contributed by atoms with van der Waals surface area (Å²) in [7, 11) is 0. The van der Waals surface area contributed by atoms with Gasteiger partial charge in [-0.2, -0.15) is 4.39 Å². The van der Waals surface area contributed by atoms with Gasteiger partial charge in [0.15, 0.2) is 0 Å². The van der Waals surface area contributed by atoms with Crippen molar-refractivity contribution in [1.29, 1.82) is 0 Å². The molecule has 1 rings (SSSR count). The maximum Gasteiger partial charge on any atom is 0.327 e. The van der Waals surface area contributed by atoms with Crippen molar-refractivity contribution in [3.63, 3.8) is 0 Å². The average molecular weight is 245 g/mol. The van der Waals surface area contributed by atoms with Crippen molar-refractivity contribution in [2.45, 2.75) is 19.4 Å². The van der Waals surface area contributed by atoms with Crippen molar-refractivity contribution in [3.05, 3.63) is 33.9 Å². The first-order valence-electron chi connectivity index (χ1n) is 5.08. The highest BCUT2D eigenvalue weighted by molar-refractivity contribution is 5.62. The Morgan fingerprint density at radius 1 is 1.53 bits per heavy atom. The minimum Gasteiger partial charge on any atom is -0.378 e. The Morgan fingerprint density at radius 2 is 2.18 bits per heavy atom. The second-order valence-electron chi connectivity index (χ2n) is 3.59. The van der Waals surface area contributed by atoms with E-state index in [1.54, 1.807) is 0 Å². The van der Waals surface area contributed by atoms with E-state index < -0.39 is 22.2 Å². The zero-order chi connectivity index (χ0) is 13.0. The molecule has 94 valence electrons. The van der Waals surface area contributed by atoms with Crippen LogP contribution in [-0.4, -0.2) is 17.5 Å². The molecule has 0 bridgehead atoms. The maximum atomic E-state index is 13.2. The second kappa shape index (κ2) is 5.53. The van der Waals surface area contributed by atoms with E-state index >= 15 is 0 Å². The van der Waals surface area contributed by atoms with Crippen LogP contribution in [0.5, 0.6) is 0 Å². The van der Waals surface area contributed by atoms with Gasteiger partial charge in [-0.25, -0.2) is 4.39 Å². The van der Waals surface area contributed by atoms with Crippen molar-refractivity contribution in [1.82, 2.24) is 0 Å². The summed E-state index contributed by atoms with van der Waals surface area (Å²) >= 11 is 0. The normalized spacial score (nSPS) is 12.2. The van der Waals surface area contributed by atoms with Gasteiger partial charge in [-0.15, -0.1) is 0 Å². The third-order valence-electron chi connectivity index (χ3n) is 2.29. The highest BCUT2D eigenvalue weighted by atomic mass is 19.1. The standard InChI is InChI=1S/C10H13F2N3O2/c1-2-7(13)5-14-9-4-6(11)3-8(12)10(9)15(16)17/h3-4,7,14H,2,5,13H2,1H3. The van der Waals surface area contributed by atoms with E-state index in [1.807, 2.05) is 6.92 Å². The number of benzene rings is 1. The van der Waals surface area contributed by atoms with Gasteiger partial charge < -0.3 is 11.1 Å². The number of nitro benzene ring substituents is 1. The fourth-order valence-electron chi connectivity index (χ4n) is 1.27. The lowest BCUT2D eigenvalue weighted by molar-refractivity contribution is -0.386. The molecule has 0 saturated carbocycles. The Balaban J connectivity index is 3.00. The molecule has 5 nitrogen and oxygen atoms in total. The predicted octanol–water partition coefficient (Wildman–Crippen LogP) is 2.02. The van der Waals surface area contributed by atoms with E-state index in [0.717, 1.165) is 6.07 Å². The topological polar surface area (TPSA) is 81.2 Å². The molecular formula is C10H13F2N3O2. The number of nitro groups is 1. The Morgan fingerprint density at radius 3 is 2.71 bits per heavy atom. The van der Waals surface area contributed by atoms with E-state index in [9.17, 15) is 18.9 Å². The number of anilines is 1. The van der Waals surface area contributed by atoms with Gasteiger partial charge in [0, 0.05) is 24.7 Å². The minimum absolute atomic E-state index is 0.198. The second-order valence-corrected chi connectivity index (χ2v) is 3.59. The van der Waals surface area contributed by atoms with Crippen LogP contribution >= 0.6 is 0 Å². The van der Waals surface area contributed by atoms with Crippen LogP contribution in [0.2, 0.25) is 0 Å². The molecule has 1 aromatic rings. The van der Waals surface area contributed by atoms with Crippen LogP contribution < -0.4 is 11.1 Å². The Labute approximate surface area is 96.8 Å². The molecule has 17 heavy (non-hydrogen) atoms. The molecule has 1 aromatic carbocycles. The Kier molecular flexibility index (Phi) is 4.33. The summed E-state index contributed by atoms with van der Waals surface area (Å²) in [6.45, 7) is 2.05. The first kappa shape index (κ1) is 13.3. The van der Waals surface area contributed by atoms with E-state index in [1.165, 1.54) is 0 Å². The summed E-state index contributed by atoms with van der Waals surface area (Å²) in [5.41, 5.74) is 4.64. The van der Waals surface area contributed by atoms with Crippen molar-refractivity contribution in [2.75, 3.05) is 11.9 Å². The third kappa shape index (κ3) is 3.35. The number of rotatable bonds is 5. The van der Waals surface area contributed by atoms with E-state index in [-0.39, 0.29) is 18.3 Å². The van der Waals surface area contributed by atoms with E-state index in [4.69, 9.17) is 5.73 Å². The molecule has 7 heteroatoms. The van der Waals surface area contributed by atoms with E-state index in [2.05, 4.69) is 5.32 Å². The number of hydrogen-bond acceptors (Lipinski definition) is 4. The molecule has 0 saturated heterocycles. The minimum atomic E-state index is -1.21. The van der Waals surface area contributed by atoms with Crippen LogP contribution in [0.3, 0.4) is 0 Å². The van der Waals surface area contributed by atoms with Crippen LogP contribution in [-0.2, 0) is 0 Å². The quantitative estimate of drug-likeness (QED) is 0.614. The highest BCUT2D eigenvalue weighted by Gasteiger charge is 2.22. The van der Waals surface area contributed by atoms with Crippen LogP contribution in [0.25, 0.3) is 0 Å². The number of hydrogen-bond donors (Lipinski definition) is 2. The molecular weight excluding hydrogens is 232 g/mol. The summed E-state index contributed by atoms with van der Waals surface area (Å²) in [6, 6.07) is 1.12. The van der Waals surface area contributed by atoms with Crippen LogP contribution in [0, 0.1) is 21.7 Å². The Hall–Kier alpha value is -1.76.